The van der Waals surface area contributed by atoms with Crippen LogP contribution in [0.1, 0.15) is 18.0 Å². The second-order valence-corrected chi connectivity index (χ2v) is 5.27. The molecule has 0 aliphatic carbocycles. The molecule has 0 unspecified atom stereocenters. The van der Waals surface area contributed by atoms with E-state index in [9.17, 15) is 0 Å². The molecule has 1 fully saturated rings. The Morgan fingerprint density at radius 2 is 1.73 bits per heavy atom. The Balaban J connectivity index is 0.00000121. The standard InChI is InChI=1S/C17H19N3.2ClH/c18-8-7-17(20-11-9-19-10-12-20)16-6-5-14-3-1-2-4-15(14)13-16;;/h1-6,13,17,19H,7,9-12H2;2*1H/t17-;;/m1../s1. The third-order valence-electron chi connectivity index (χ3n) is 4.04. The van der Waals surface area contributed by atoms with E-state index in [1.807, 2.05) is 0 Å². The molecular formula is C17H21Cl2N3. The Bertz CT molecular complexity index is 633. The van der Waals surface area contributed by atoms with E-state index in [0.29, 0.717) is 6.42 Å². The van der Waals surface area contributed by atoms with Crippen LogP contribution in [-0.4, -0.2) is 31.1 Å². The van der Waals surface area contributed by atoms with Gasteiger partial charge in [-0.1, -0.05) is 36.4 Å². The quantitative estimate of drug-likeness (QED) is 0.930. The van der Waals surface area contributed by atoms with Crippen LogP contribution >= 0.6 is 24.8 Å². The molecule has 0 radical (unpaired) electrons. The molecule has 0 aromatic heterocycles. The van der Waals surface area contributed by atoms with Gasteiger partial charge in [-0.3, -0.25) is 4.90 Å². The van der Waals surface area contributed by atoms with E-state index in [4.69, 9.17) is 5.26 Å². The average molecular weight is 338 g/mol. The summed E-state index contributed by atoms with van der Waals surface area (Å²) in [5, 5.41) is 15.0. The van der Waals surface area contributed by atoms with E-state index in [1.54, 1.807) is 0 Å². The number of nitriles is 1. The Labute approximate surface area is 144 Å². The van der Waals surface area contributed by atoms with Crippen LogP contribution < -0.4 is 5.32 Å². The largest absolute Gasteiger partial charge is 0.314 e. The summed E-state index contributed by atoms with van der Waals surface area (Å²) in [6.07, 6.45) is 0.554. The molecule has 118 valence electrons. The smallest absolute Gasteiger partial charge is 0.0641 e. The minimum atomic E-state index is 0. The van der Waals surface area contributed by atoms with Gasteiger partial charge in [0, 0.05) is 32.2 Å². The van der Waals surface area contributed by atoms with Crippen molar-refractivity contribution in [2.45, 2.75) is 12.5 Å². The van der Waals surface area contributed by atoms with Gasteiger partial charge in [-0.15, -0.1) is 24.8 Å². The van der Waals surface area contributed by atoms with Gasteiger partial charge < -0.3 is 5.32 Å². The van der Waals surface area contributed by atoms with Crippen LogP contribution in [0.5, 0.6) is 0 Å². The zero-order valence-electron chi connectivity index (χ0n) is 12.4. The molecule has 2 aromatic rings. The van der Waals surface area contributed by atoms with Gasteiger partial charge in [0.15, 0.2) is 0 Å². The lowest BCUT2D eigenvalue weighted by Gasteiger charge is -2.34. The molecule has 0 saturated carbocycles. The van der Waals surface area contributed by atoms with Crippen LogP contribution in [0.25, 0.3) is 10.8 Å². The maximum absolute atomic E-state index is 9.15. The molecular weight excluding hydrogens is 317 g/mol. The minimum absolute atomic E-state index is 0. The van der Waals surface area contributed by atoms with Crippen LogP contribution in [0.3, 0.4) is 0 Å². The first kappa shape index (κ1) is 18.7. The summed E-state index contributed by atoms with van der Waals surface area (Å²) >= 11 is 0. The Hall–Kier alpha value is -1.31. The van der Waals surface area contributed by atoms with Crippen LogP contribution in [0.4, 0.5) is 0 Å². The molecule has 1 aliphatic heterocycles. The van der Waals surface area contributed by atoms with Crippen molar-refractivity contribution in [1.29, 1.82) is 5.26 Å². The number of rotatable bonds is 3. The maximum Gasteiger partial charge on any atom is 0.0641 e. The zero-order valence-corrected chi connectivity index (χ0v) is 14.0. The Morgan fingerprint density at radius 1 is 1.05 bits per heavy atom. The number of halogens is 2. The monoisotopic (exact) mass is 337 g/mol. The first-order valence-corrected chi connectivity index (χ1v) is 7.19. The molecule has 1 N–H and O–H groups in total. The number of hydrogen-bond donors (Lipinski definition) is 1. The molecule has 2 aromatic carbocycles. The summed E-state index contributed by atoms with van der Waals surface area (Å²) in [7, 11) is 0. The molecule has 1 saturated heterocycles. The Morgan fingerprint density at radius 3 is 2.41 bits per heavy atom. The third kappa shape index (κ3) is 4.12. The number of nitrogens with zero attached hydrogens (tertiary/aromatic N) is 2. The van der Waals surface area contributed by atoms with Crippen molar-refractivity contribution in [2.24, 2.45) is 0 Å². The molecule has 3 rings (SSSR count). The van der Waals surface area contributed by atoms with Crippen molar-refractivity contribution in [1.82, 2.24) is 10.2 Å². The number of nitrogens with one attached hydrogen (secondary N) is 1. The van der Waals surface area contributed by atoms with E-state index in [1.165, 1.54) is 16.3 Å². The van der Waals surface area contributed by atoms with Crippen molar-refractivity contribution >= 4 is 35.6 Å². The molecule has 0 amide bonds. The average Bonchev–Trinajstić information content (AvgIpc) is 2.53. The zero-order chi connectivity index (χ0) is 13.8. The lowest BCUT2D eigenvalue weighted by Crippen LogP contribution is -2.45. The van der Waals surface area contributed by atoms with Gasteiger partial charge in [-0.25, -0.2) is 0 Å². The topological polar surface area (TPSA) is 39.1 Å². The summed E-state index contributed by atoms with van der Waals surface area (Å²) in [6, 6.07) is 17.5. The highest BCUT2D eigenvalue weighted by Gasteiger charge is 2.21. The molecule has 22 heavy (non-hydrogen) atoms. The molecule has 1 atom stereocenters. The van der Waals surface area contributed by atoms with Crippen molar-refractivity contribution in [3.05, 3.63) is 48.0 Å². The van der Waals surface area contributed by atoms with Crippen LogP contribution in [-0.2, 0) is 0 Å². The van der Waals surface area contributed by atoms with Crippen molar-refractivity contribution in [3.8, 4) is 6.07 Å². The van der Waals surface area contributed by atoms with Gasteiger partial charge in [-0.05, 0) is 22.4 Å². The van der Waals surface area contributed by atoms with Crippen LogP contribution in [0, 0.1) is 11.3 Å². The fourth-order valence-corrected chi connectivity index (χ4v) is 2.95. The Kier molecular flexibility index (Phi) is 7.64. The molecule has 0 bridgehead atoms. The van der Waals surface area contributed by atoms with Crippen molar-refractivity contribution in [2.75, 3.05) is 26.2 Å². The summed E-state index contributed by atoms with van der Waals surface area (Å²) in [4.78, 5) is 2.42. The fraction of sp³-hybridized carbons (Fsp3) is 0.353. The van der Waals surface area contributed by atoms with E-state index >= 15 is 0 Å². The van der Waals surface area contributed by atoms with Gasteiger partial charge in [-0.2, -0.15) is 5.26 Å². The summed E-state index contributed by atoms with van der Waals surface area (Å²) in [5.74, 6) is 0. The first-order chi connectivity index (χ1) is 9.88. The second-order valence-electron chi connectivity index (χ2n) is 5.27. The lowest BCUT2D eigenvalue weighted by atomic mass is 9.98. The molecule has 5 heteroatoms. The summed E-state index contributed by atoms with van der Waals surface area (Å²) in [6.45, 7) is 4.05. The second kappa shape index (κ2) is 8.97. The number of benzene rings is 2. The normalized spacial score (nSPS) is 16.1. The highest BCUT2D eigenvalue weighted by atomic mass is 35.5. The maximum atomic E-state index is 9.15. The third-order valence-corrected chi connectivity index (χ3v) is 4.04. The van der Waals surface area contributed by atoms with Gasteiger partial charge in [0.2, 0.25) is 0 Å². The van der Waals surface area contributed by atoms with Gasteiger partial charge >= 0.3 is 0 Å². The number of piperazine rings is 1. The van der Waals surface area contributed by atoms with Crippen LogP contribution in [0.15, 0.2) is 42.5 Å². The van der Waals surface area contributed by atoms with E-state index < -0.39 is 0 Å². The predicted octanol–water partition coefficient (Wildman–Crippen LogP) is 3.54. The van der Waals surface area contributed by atoms with Crippen LogP contribution in [0.2, 0.25) is 0 Å². The van der Waals surface area contributed by atoms with Crippen molar-refractivity contribution < 1.29 is 0 Å². The molecule has 1 aliphatic rings. The number of fused-ring (bicyclic) bond motifs is 1. The predicted molar refractivity (Wildman–Crippen MR) is 95.9 cm³/mol. The number of hydrogen-bond acceptors (Lipinski definition) is 3. The molecule has 0 spiro atoms. The SMILES string of the molecule is Cl.Cl.N#CC[C@H](c1ccc2ccccc2c1)N1CCNCC1. The van der Waals surface area contributed by atoms with Gasteiger partial charge in [0.05, 0.1) is 12.5 Å². The highest BCUT2D eigenvalue weighted by Crippen LogP contribution is 2.27. The molecule has 3 nitrogen and oxygen atoms in total. The first-order valence-electron chi connectivity index (χ1n) is 7.19. The lowest BCUT2D eigenvalue weighted by molar-refractivity contribution is 0.176. The van der Waals surface area contributed by atoms with Crippen molar-refractivity contribution in [3.63, 3.8) is 0 Å². The van der Waals surface area contributed by atoms with Gasteiger partial charge in [0.25, 0.3) is 0 Å². The summed E-state index contributed by atoms with van der Waals surface area (Å²) < 4.78 is 0. The summed E-state index contributed by atoms with van der Waals surface area (Å²) in [5.41, 5.74) is 1.26. The van der Waals surface area contributed by atoms with E-state index in [2.05, 4.69) is 58.8 Å². The highest BCUT2D eigenvalue weighted by molar-refractivity contribution is 5.85. The van der Waals surface area contributed by atoms with E-state index in [0.717, 1.165) is 26.2 Å². The fourth-order valence-electron chi connectivity index (χ4n) is 2.95. The van der Waals surface area contributed by atoms with E-state index in [-0.39, 0.29) is 30.9 Å². The van der Waals surface area contributed by atoms with Gasteiger partial charge in [0.1, 0.15) is 0 Å². The minimum Gasteiger partial charge on any atom is -0.314 e. The molecule has 1 heterocycles.